The number of aliphatic hydroxyl groups excluding tert-OH is 1. The molecule has 0 saturated heterocycles. The number of benzene rings is 1. The van der Waals surface area contributed by atoms with Crippen LogP contribution in [0.3, 0.4) is 0 Å². The molecule has 5 heteroatoms. The smallest absolute Gasteiger partial charge is 0.137 e. The summed E-state index contributed by atoms with van der Waals surface area (Å²) in [5.74, 6) is 0.0452. The van der Waals surface area contributed by atoms with Crippen molar-refractivity contribution in [3.05, 3.63) is 58.1 Å². The fraction of sp³-hybridized carbons (Fsp3) is 0.154. The second-order valence-electron chi connectivity index (χ2n) is 3.73. The van der Waals surface area contributed by atoms with Crippen LogP contribution in [-0.4, -0.2) is 17.2 Å². The van der Waals surface area contributed by atoms with Gasteiger partial charge >= 0.3 is 0 Å². The molecule has 0 spiro atoms. The Morgan fingerprint density at radius 3 is 2.78 bits per heavy atom. The highest BCUT2D eigenvalue weighted by molar-refractivity contribution is 9.10. The van der Waals surface area contributed by atoms with Gasteiger partial charge in [0, 0.05) is 21.8 Å². The molecule has 94 valence electrons. The van der Waals surface area contributed by atoms with Crippen molar-refractivity contribution < 1.29 is 14.2 Å². The molecule has 0 saturated carbocycles. The maximum absolute atomic E-state index is 13.7. The number of aliphatic hydroxyl groups is 1. The van der Waals surface area contributed by atoms with Crippen LogP contribution >= 0.6 is 15.9 Å². The second kappa shape index (κ2) is 5.46. The van der Waals surface area contributed by atoms with Crippen LogP contribution in [0.15, 0.2) is 41.1 Å². The summed E-state index contributed by atoms with van der Waals surface area (Å²) in [5, 5.41) is 10.1. The van der Waals surface area contributed by atoms with E-state index in [1.165, 1.54) is 31.6 Å². The zero-order chi connectivity index (χ0) is 13.1. The average molecular weight is 312 g/mol. The van der Waals surface area contributed by atoms with Gasteiger partial charge in [-0.15, -0.1) is 0 Å². The molecule has 3 nitrogen and oxygen atoms in total. The summed E-state index contributed by atoms with van der Waals surface area (Å²) in [6, 6.07) is 6.14. The Balaban J connectivity index is 2.37. The fourth-order valence-electron chi connectivity index (χ4n) is 1.60. The van der Waals surface area contributed by atoms with Gasteiger partial charge in [0.2, 0.25) is 0 Å². The van der Waals surface area contributed by atoms with E-state index in [2.05, 4.69) is 20.9 Å². The molecule has 1 heterocycles. The van der Waals surface area contributed by atoms with E-state index in [0.29, 0.717) is 15.8 Å². The fourth-order valence-corrected chi connectivity index (χ4v) is 1.93. The predicted octanol–water partition coefficient (Wildman–Crippen LogP) is 3.07. The lowest BCUT2D eigenvalue weighted by molar-refractivity contribution is 0.214. The predicted molar refractivity (Wildman–Crippen MR) is 69.0 cm³/mol. The molecule has 2 rings (SSSR count). The maximum atomic E-state index is 13.7. The molecule has 1 unspecified atom stereocenters. The molecular formula is C13H11BrFNO2. The lowest BCUT2D eigenvalue weighted by Gasteiger charge is -2.13. The summed E-state index contributed by atoms with van der Waals surface area (Å²) in [6.07, 6.45) is 1.93. The number of ether oxygens (including phenoxy) is 1. The van der Waals surface area contributed by atoms with Crippen molar-refractivity contribution in [2.24, 2.45) is 0 Å². The number of methoxy groups -OCH3 is 1. The minimum absolute atomic E-state index is 0.202. The highest BCUT2D eigenvalue weighted by Gasteiger charge is 2.16. The summed E-state index contributed by atoms with van der Waals surface area (Å²) >= 11 is 3.17. The van der Waals surface area contributed by atoms with Crippen molar-refractivity contribution in [2.45, 2.75) is 6.10 Å². The molecule has 2 aromatic rings. The van der Waals surface area contributed by atoms with Gasteiger partial charge in [-0.25, -0.2) is 4.39 Å². The Hall–Kier alpha value is -1.46. The summed E-state index contributed by atoms with van der Waals surface area (Å²) < 4.78 is 19.4. The molecule has 18 heavy (non-hydrogen) atoms. The van der Waals surface area contributed by atoms with Crippen LogP contribution < -0.4 is 4.74 Å². The number of halogens is 2. The molecule has 1 aromatic carbocycles. The minimum atomic E-state index is -1.07. The lowest BCUT2D eigenvalue weighted by atomic mass is 10.0. The second-order valence-corrected chi connectivity index (χ2v) is 4.64. The van der Waals surface area contributed by atoms with Crippen molar-refractivity contribution in [1.29, 1.82) is 0 Å². The first-order valence-corrected chi connectivity index (χ1v) is 6.03. The van der Waals surface area contributed by atoms with Gasteiger partial charge in [0.25, 0.3) is 0 Å². The summed E-state index contributed by atoms with van der Waals surface area (Å²) in [5.41, 5.74) is 0.684. The highest BCUT2D eigenvalue weighted by atomic mass is 79.9. The Labute approximate surface area is 112 Å². The molecule has 1 aromatic heterocycles. The van der Waals surface area contributed by atoms with E-state index in [-0.39, 0.29) is 5.56 Å². The van der Waals surface area contributed by atoms with Crippen LogP contribution in [0.25, 0.3) is 0 Å². The van der Waals surface area contributed by atoms with Crippen molar-refractivity contribution in [2.75, 3.05) is 7.11 Å². The first-order valence-electron chi connectivity index (χ1n) is 5.24. The first-order chi connectivity index (χ1) is 8.61. The SMILES string of the molecule is COc1cncc(C(O)c2ccc(Br)cc2F)c1. The van der Waals surface area contributed by atoms with Gasteiger partial charge in [-0.3, -0.25) is 4.98 Å². The monoisotopic (exact) mass is 311 g/mol. The minimum Gasteiger partial charge on any atom is -0.495 e. The van der Waals surface area contributed by atoms with E-state index in [1.807, 2.05) is 0 Å². The van der Waals surface area contributed by atoms with E-state index in [1.54, 1.807) is 12.1 Å². The van der Waals surface area contributed by atoms with E-state index < -0.39 is 11.9 Å². The van der Waals surface area contributed by atoms with Gasteiger partial charge in [0.05, 0.1) is 13.3 Å². The van der Waals surface area contributed by atoms with Gasteiger partial charge in [0.15, 0.2) is 0 Å². The molecule has 0 aliphatic heterocycles. The van der Waals surface area contributed by atoms with Crippen molar-refractivity contribution in [1.82, 2.24) is 4.98 Å². The number of hydrogen-bond donors (Lipinski definition) is 1. The topological polar surface area (TPSA) is 42.4 Å². The molecule has 0 bridgehead atoms. The standard InChI is InChI=1S/C13H11BrFNO2/c1-18-10-4-8(6-16-7-10)13(17)11-3-2-9(14)5-12(11)15/h2-7,13,17H,1H3. The van der Waals surface area contributed by atoms with Crippen molar-refractivity contribution in [3.63, 3.8) is 0 Å². The van der Waals surface area contributed by atoms with Gasteiger partial charge in [-0.1, -0.05) is 22.0 Å². The average Bonchev–Trinajstić information content (AvgIpc) is 2.38. The molecule has 0 radical (unpaired) electrons. The third-order valence-corrected chi connectivity index (χ3v) is 3.04. The van der Waals surface area contributed by atoms with E-state index in [0.717, 1.165) is 0 Å². The molecule has 0 amide bonds. The van der Waals surface area contributed by atoms with Crippen LogP contribution in [0.5, 0.6) is 5.75 Å². The Bertz CT molecular complexity index is 562. The van der Waals surface area contributed by atoms with Crippen LogP contribution in [0.1, 0.15) is 17.2 Å². The van der Waals surface area contributed by atoms with Crippen LogP contribution in [0.2, 0.25) is 0 Å². The largest absolute Gasteiger partial charge is 0.495 e. The molecule has 0 fully saturated rings. The van der Waals surface area contributed by atoms with Crippen LogP contribution in [0, 0.1) is 5.82 Å². The number of hydrogen-bond acceptors (Lipinski definition) is 3. The Morgan fingerprint density at radius 1 is 1.33 bits per heavy atom. The zero-order valence-electron chi connectivity index (χ0n) is 9.60. The number of rotatable bonds is 3. The zero-order valence-corrected chi connectivity index (χ0v) is 11.2. The van der Waals surface area contributed by atoms with Gasteiger partial charge in [-0.05, 0) is 18.2 Å². The van der Waals surface area contributed by atoms with Gasteiger partial charge in [0.1, 0.15) is 17.7 Å². The van der Waals surface area contributed by atoms with E-state index >= 15 is 0 Å². The summed E-state index contributed by atoms with van der Waals surface area (Å²) in [4.78, 5) is 3.93. The Morgan fingerprint density at radius 2 is 2.11 bits per heavy atom. The maximum Gasteiger partial charge on any atom is 0.137 e. The molecule has 0 aliphatic carbocycles. The third kappa shape index (κ3) is 2.68. The molecule has 0 aliphatic rings. The van der Waals surface area contributed by atoms with E-state index in [4.69, 9.17) is 4.74 Å². The van der Waals surface area contributed by atoms with Crippen LogP contribution in [-0.2, 0) is 0 Å². The van der Waals surface area contributed by atoms with Gasteiger partial charge < -0.3 is 9.84 Å². The third-order valence-electron chi connectivity index (χ3n) is 2.54. The lowest BCUT2D eigenvalue weighted by Crippen LogP contribution is -2.03. The number of aromatic nitrogens is 1. The van der Waals surface area contributed by atoms with Crippen molar-refractivity contribution in [3.8, 4) is 5.75 Å². The summed E-state index contributed by atoms with van der Waals surface area (Å²) in [6.45, 7) is 0. The van der Waals surface area contributed by atoms with Gasteiger partial charge in [-0.2, -0.15) is 0 Å². The van der Waals surface area contributed by atoms with Crippen molar-refractivity contribution >= 4 is 15.9 Å². The number of pyridine rings is 1. The quantitative estimate of drug-likeness (QED) is 0.947. The van der Waals surface area contributed by atoms with Crippen LogP contribution in [0.4, 0.5) is 4.39 Å². The molecular weight excluding hydrogens is 301 g/mol. The normalized spacial score (nSPS) is 12.2. The highest BCUT2D eigenvalue weighted by Crippen LogP contribution is 2.27. The summed E-state index contributed by atoms with van der Waals surface area (Å²) in [7, 11) is 1.51. The molecule has 1 atom stereocenters. The number of nitrogens with zero attached hydrogens (tertiary/aromatic N) is 1. The Kier molecular flexibility index (Phi) is 3.93. The molecule has 1 N–H and O–H groups in total. The first kappa shape index (κ1) is 13.0. The van der Waals surface area contributed by atoms with E-state index in [9.17, 15) is 9.50 Å².